The van der Waals surface area contributed by atoms with Crippen molar-refractivity contribution in [2.75, 3.05) is 6.61 Å². The van der Waals surface area contributed by atoms with Gasteiger partial charge in [-0.2, -0.15) is 4.80 Å². The molecule has 0 unspecified atom stereocenters. The van der Waals surface area contributed by atoms with Gasteiger partial charge < -0.3 is 4.74 Å². The maximum absolute atomic E-state index is 5.40. The van der Waals surface area contributed by atoms with Gasteiger partial charge in [-0.05, 0) is 31.9 Å². The molecule has 13 heavy (non-hydrogen) atoms. The Morgan fingerprint density at radius 2 is 2.23 bits per heavy atom. The number of aromatic nitrogens is 4. The third-order valence-electron chi connectivity index (χ3n) is 1.60. The average molecular weight is 184 g/mol. The maximum Gasteiger partial charge on any atom is 0.162 e. The fraction of sp³-hybridized carbons (Fsp3) is 0.875. The number of unbranched alkanes of at least 4 members (excludes halogenated alkanes) is 1. The first kappa shape index (κ1) is 10.1. The molecule has 0 spiro atoms. The highest BCUT2D eigenvalue weighted by atomic mass is 16.5. The van der Waals surface area contributed by atoms with Gasteiger partial charge in [-0.3, -0.25) is 0 Å². The van der Waals surface area contributed by atoms with E-state index in [1.807, 2.05) is 13.8 Å². The second kappa shape index (κ2) is 5.64. The lowest BCUT2D eigenvalue weighted by atomic mass is 10.3. The largest absolute Gasteiger partial charge is 0.379 e. The second-order valence-electron chi connectivity index (χ2n) is 3.16. The number of hydrogen-bond donors (Lipinski definition) is 0. The lowest BCUT2D eigenvalue weighted by Crippen LogP contribution is -2.07. The van der Waals surface area contributed by atoms with Crippen LogP contribution in [0, 0.1) is 0 Å². The molecular formula is C8H16N4O. The van der Waals surface area contributed by atoms with Crippen LogP contribution in [0.3, 0.4) is 0 Å². The molecule has 0 amide bonds. The lowest BCUT2D eigenvalue weighted by Gasteiger charge is -2.06. The minimum absolute atomic E-state index is 0.324. The molecule has 1 rings (SSSR count). The summed E-state index contributed by atoms with van der Waals surface area (Å²) in [6, 6.07) is 0. The van der Waals surface area contributed by atoms with E-state index in [4.69, 9.17) is 4.74 Å². The molecule has 0 fully saturated rings. The van der Waals surface area contributed by atoms with Crippen LogP contribution in [0.5, 0.6) is 0 Å². The van der Waals surface area contributed by atoms with E-state index in [-0.39, 0.29) is 0 Å². The zero-order chi connectivity index (χ0) is 9.52. The summed E-state index contributed by atoms with van der Waals surface area (Å²) in [6.45, 7) is 5.71. The first-order valence-electron chi connectivity index (χ1n) is 4.61. The zero-order valence-corrected chi connectivity index (χ0v) is 8.18. The molecule has 0 aliphatic rings. The Bertz CT molecular complexity index is 210. The minimum Gasteiger partial charge on any atom is -0.379 e. The highest BCUT2D eigenvalue weighted by Gasteiger charge is 1.95. The Morgan fingerprint density at radius 3 is 2.85 bits per heavy atom. The topological polar surface area (TPSA) is 52.8 Å². The van der Waals surface area contributed by atoms with Crippen molar-refractivity contribution < 1.29 is 4.74 Å². The third kappa shape index (κ3) is 4.57. The number of rotatable bonds is 6. The molecule has 0 atom stereocenters. The van der Waals surface area contributed by atoms with E-state index in [1.54, 1.807) is 4.80 Å². The molecule has 1 aromatic heterocycles. The molecule has 5 heteroatoms. The van der Waals surface area contributed by atoms with Gasteiger partial charge in [0.1, 0.15) is 0 Å². The summed E-state index contributed by atoms with van der Waals surface area (Å²) in [5.41, 5.74) is 0. The van der Waals surface area contributed by atoms with Gasteiger partial charge in [0, 0.05) is 6.61 Å². The molecule has 0 radical (unpaired) electrons. The van der Waals surface area contributed by atoms with Crippen LogP contribution in [0.2, 0.25) is 0 Å². The maximum atomic E-state index is 5.40. The number of nitrogens with zero attached hydrogens (tertiary/aromatic N) is 4. The van der Waals surface area contributed by atoms with Crippen LogP contribution < -0.4 is 0 Å². The van der Waals surface area contributed by atoms with Crippen molar-refractivity contribution in [1.29, 1.82) is 0 Å². The molecule has 0 aliphatic carbocycles. The molecule has 5 nitrogen and oxygen atoms in total. The Balaban J connectivity index is 1.96. The molecule has 0 bridgehead atoms. The number of hydrogen-bond acceptors (Lipinski definition) is 4. The van der Waals surface area contributed by atoms with Gasteiger partial charge in [0.2, 0.25) is 0 Å². The van der Waals surface area contributed by atoms with E-state index < -0.39 is 0 Å². The van der Waals surface area contributed by atoms with E-state index in [0.717, 1.165) is 26.0 Å². The summed E-state index contributed by atoms with van der Waals surface area (Å²) in [7, 11) is 0. The Morgan fingerprint density at radius 1 is 1.38 bits per heavy atom. The molecular weight excluding hydrogens is 168 g/mol. The first-order valence-corrected chi connectivity index (χ1v) is 4.61. The Labute approximate surface area is 78.1 Å². The summed E-state index contributed by atoms with van der Waals surface area (Å²) < 4.78 is 5.40. The van der Waals surface area contributed by atoms with E-state index in [1.165, 1.54) is 6.33 Å². The van der Waals surface area contributed by atoms with E-state index >= 15 is 0 Å². The Kier molecular flexibility index (Phi) is 4.39. The predicted octanol–water partition coefficient (Wildman–Crippen LogP) is 0.878. The molecule has 0 aliphatic heterocycles. The molecule has 0 saturated heterocycles. The van der Waals surface area contributed by atoms with Crippen molar-refractivity contribution in [2.45, 2.75) is 39.3 Å². The summed E-state index contributed by atoms with van der Waals surface area (Å²) in [5, 5.41) is 11.3. The van der Waals surface area contributed by atoms with Gasteiger partial charge in [0.05, 0.1) is 12.6 Å². The highest BCUT2D eigenvalue weighted by Crippen LogP contribution is 1.95. The standard InChI is InChI=1S/C8H16N4O/c1-8(2)13-6-4-3-5-12-10-7-9-11-12/h7-8H,3-6H2,1-2H3. The van der Waals surface area contributed by atoms with Gasteiger partial charge >= 0.3 is 0 Å². The van der Waals surface area contributed by atoms with E-state index in [0.29, 0.717) is 6.10 Å². The molecule has 0 aromatic carbocycles. The van der Waals surface area contributed by atoms with Crippen LogP contribution >= 0.6 is 0 Å². The number of aryl methyl sites for hydroxylation is 1. The molecule has 0 saturated carbocycles. The van der Waals surface area contributed by atoms with Gasteiger partial charge in [0.15, 0.2) is 6.33 Å². The Hall–Kier alpha value is -0.970. The van der Waals surface area contributed by atoms with Crippen LogP contribution in [-0.2, 0) is 11.3 Å². The van der Waals surface area contributed by atoms with Crippen molar-refractivity contribution in [3.05, 3.63) is 6.33 Å². The van der Waals surface area contributed by atoms with Gasteiger partial charge in [-0.25, -0.2) is 0 Å². The van der Waals surface area contributed by atoms with Crippen molar-refractivity contribution in [1.82, 2.24) is 20.2 Å². The molecule has 1 heterocycles. The third-order valence-corrected chi connectivity index (χ3v) is 1.60. The summed E-state index contributed by atoms with van der Waals surface area (Å²) in [6.07, 6.45) is 3.84. The smallest absolute Gasteiger partial charge is 0.162 e. The predicted molar refractivity (Wildman–Crippen MR) is 48.1 cm³/mol. The summed E-state index contributed by atoms with van der Waals surface area (Å²) in [4.78, 5) is 1.59. The highest BCUT2D eigenvalue weighted by molar-refractivity contribution is 4.43. The minimum atomic E-state index is 0.324. The van der Waals surface area contributed by atoms with E-state index in [9.17, 15) is 0 Å². The van der Waals surface area contributed by atoms with Gasteiger partial charge in [-0.15, -0.1) is 10.2 Å². The fourth-order valence-electron chi connectivity index (χ4n) is 0.965. The summed E-state index contributed by atoms with van der Waals surface area (Å²) in [5.74, 6) is 0. The fourth-order valence-corrected chi connectivity index (χ4v) is 0.965. The molecule has 74 valence electrons. The van der Waals surface area contributed by atoms with Gasteiger partial charge in [-0.1, -0.05) is 0 Å². The second-order valence-corrected chi connectivity index (χ2v) is 3.16. The van der Waals surface area contributed by atoms with Crippen molar-refractivity contribution in [2.24, 2.45) is 0 Å². The normalized spacial score (nSPS) is 11.0. The molecule has 1 aromatic rings. The van der Waals surface area contributed by atoms with Gasteiger partial charge in [0.25, 0.3) is 0 Å². The monoisotopic (exact) mass is 184 g/mol. The van der Waals surface area contributed by atoms with E-state index in [2.05, 4.69) is 15.4 Å². The van der Waals surface area contributed by atoms with Crippen LogP contribution in [0.25, 0.3) is 0 Å². The number of tetrazole rings is 1. The number of ether oxygens (including phenoxy) is 1. The average Bonchev–Trinajstić information content (AvgIpc) is 2.55. The van der Waals surface area contributed by atoms with Crippen LogP contribution in [0.15, 0.2) is 6.33 Å². The quantitative estimate of drug-likeness (QED) is 0.616. The zero-order valence-electron chi connectivity index (χ0n) is 8.18. The van der Waals surface area contributed by atoms with Crippen LogP contribution in [-0.4, -0.2) is 32.9 Å². The summed E-state index contributed by atoms with van der Waals surface area (Å²) >= 11 is 0. The SMILES string of the molecule is CC(C)OCCCCn1ncnn1. The van der Waals surface area contributed by atoms with Crippen LogP contribution in [0.1, 0.15) is 26.7 Å². The van der Waals surface area contributed by atoms with Crippen molar-refractivity contribution in [3.8, 4) is 0 Å². The molecule has 0 N–H and O–H groups in total. The van der Waals surface area contributed by atoms with Crippen molar-refractivity contribution >= 4 is 0 Å². The van der Waals surface area contributed by atoms with Crippen LogP contribution in [0.4, 0.5) is 0 Å². The van der Waals surface area contributed by atoms with Crippen molar-refractivity contribution in [3.63, 3.8) is 0 Å². The first-order chi connectivity index (χ1) is 6.29. The lowest BCUT2D eigenvalue weighted by molar-refractivity contribution is 0.0751.